The summed E-state index contributed by atoms with van der Waals surface area (Å²) < 4.78 is 44.2. The smallest absolute Gasteiger partial charge is 0.486 e. The summed E-state index contributed by atoms with van der Waals surface area (Å²) in [7, 11) is 0.989. The van der Waals surface area contributed by atoms with Gasteiger partial charge in [0.25, 0.3) is 11.6 Å². The van der Waals surface area contributed by atoms with E-state index in [1.165, 1.54) is 6.92 Å². The molecule has 0 N–H and O–H groups in total. The van der Waals surface area contributed by atoms with Crippen LogP contribution in [-0.4, -0.2) is 23.4 Å². The van der Waals surface area contributed by atoms with Crippen molar-refractivity contribution in [2.45, 2.75) is 13.3 Å². The molecular weight excluding hydrogens is 245 g/mol. The van der Waals surface area contributed by atoms with E-state index in [0.29, 0.717) is 0 Å². The summed E-state index contributed by atoms with van der Waals surface area (Å²) in [6.07, 6.45) is -5.00. The highest BCUT2D eigenvalue weighted by molar-refractivity contribution is 5.53. The van der Waals surface area contributed by atoms with Gasteiger partial charge in [0.1, 0.15) is 0 Å². The first-order chi connectivity index (χ1) is 7.74. The Morgan fingerprint density at radius 2 is 2.06 bits per heavy atom. The molecule has 1 aromatic heterocycles. The third-order valence-electron chi connectivity index (χ3n) is 1.66. The van der Waals surface area contributed by atoms with Crippen molar-refractivity contribution >= 4 is 5.69 Å². The van der Waals surface area contributed by atoms with Crippen molar-refractivity contribution in [1.82, 2.24) is 4.98 Å². The largest absolute Gasteiger partial charge is 0.574 e. The Kier molecular flexibility index (Phi) is 3.39. The Hall–Kier alpha value is -2.06. The number of pyridine rings is 1. The standard InChI is InChI=1S/C8H7F3N2O4/c1-4-3-5(13(14)15)6(16-2)7(12-4)17-8(9,10)11/h3H,1-2H3. The van der Waals surface area contributed by atoms with Gasteiger partial charge in [0.05, 0.1) is 12.0 Å². The summed E-state index contributed by atoms with van der Waals surface area (Å²) in [5, 5.41) is 10.6. The average Bonchev–Trinajstić information content (AvgIpc) is 2.14. The number of hydrogen-bond donors (Lipinski definition) is 0. The van der Waals surface area contributed by atoms with E-state index in [0.717, 1.165) is 13.2 Å². The number of halogens is 3. The van der Waals surface area contributed by atoms with Gasteiger partial charge < -0.3 is 9.47 Å². The van der Waals surface area contributed by atoms with Crippen molar-refractivity contribution < 1.29 is 27.6 Å². The van der Waals surface area contributed by atoms with Crippen LogP contribution in [0, 0.1) is 17.0 Å². The quantitative estimate of drug-likeness (QED) is 0.609. The van der Waals surface area contributed by atoms with Crippen LogP contribution in [0.2, 0.25) is 0 Å². The van der Waals surface area contributed by atoms with Crippen LogP contribution in [0.25, 0.3) is 0 Å². The third kappa shape index (κ3) is 3.20. The maximum Gasteiger partial charge on any atom is 0.574 e. The van der Waals surface area contributed by atoms with Crippen LogP contribution in [0.15, 0.2) is 6.07 Å². The first-order valence-corrected chi connectivity index (χ1v) is 4.20. The number of nitrogens with zero attached hydrogens (tertiary/aromatic N) is 2. The van der Waals surface area contributed by atoms with E-state index in [1.807, 2.05) is 0 Å². The normalized spacial score (nSPS) is 11.1. The highest BCUT2D eigenvalue weighted by atomic mass is 19.4. The predicted molar refractivity (Wildman–Crippen MR) is 48.9 cm³/mol. The number of aryl methyl sites for hydroxylation is 1. The molecule has 0 spiro atoms. The molecule has 0 aromatic carbocycles. The lowest BCUT2D eigenvalue weighted by Gasteiger charge is -2.11. The molecule has 0 aliphatic carbocycles. The fourth-order valence-electron chi connectivity index (χ4n) is 1.12. The van der Waals surface area contributed by atoms with E-state index < -0.39 is 28.6 Å². The van der Waals surface area contributed by atoms with Crippen LogP contribution in [-0.2, 0) is 0 Å². The molecule has 0 atom stereocenters. The Bertz CT molecular complexity index is 447. The Balaban J connectivity index is 3.33. The van der Waals surface area contributed by atoms with Crippen molar-refractivity contribution in [1.29, 1.82) is 0 Å². The van der Waals surface area contributed by atoms with Crippen LogP contribution < -0.4 is 9.47 Å². The van der Waals surface area contributed by atoms with Gasteiger partial charge in [-0.2, -0.15) is 0 Å². The molecular formula is C8H7F3N2O4. The van der Waals surface area contributed by atoms with E-state index in [-0.39, 0.29) is 5.69 Å². The Labute approximate surface area is 93.1 Å². The van der Waals surface area contributed by atoms with Crippen molar-refractivity contribution in [3.63, 3.8) is 0 Å². The summed E-state index contributed by atoms with van der Waals surface area (Å²) in [5.74, 6) is -1.65. The molecule has 94 valence electrons. The third-order valence-corrected chi connectivity index (χ3v) is 1.66. The molecule has 9 heteroatoms. The number of nitro groups is 1. The van der Waals surface area contributed by atoms with Crippen LogP contribution in [0.3, 0.4) is 0 Å². The van der Waals surface area contributed by atoms with E-state index in [4.69, 9.17) is 0 Å². The zero-order valence-electron chi connectivity index (χ0n) is 8.74. The van der Waals surface area contributed by atoms with Gasteiger partial charge >= 0.3 is 12.0 Å². The lowest BCUT2D eigenvalue weighted by Crippen LogP contribution is -2.19. The van der Waals surface area contributed by atoms with Crippen LogP contribution in [0.1, 0.15) is 5.69 Å². The monoisotopic (exact) mass is 252 g/mol. The topological polar surface area (TPSA) is 74.5 Å². The molecule has 17 heavy (non-hydrogen) atoms. The van der Waals surface area contributed by atoms with Crippen LogP contribution >= 0.6 is 0 Å². The molecule has 0 fully saturated rings. The van der Waals surface area contributed by atoms with Gasteiger partial charge in [-0.25, -0.2) is 4.98 Å². The molecule has 0 aliphatic heterocycles. The second-order valence-electron chi connectivity index (χ2n) is 2.93. The highest BCUT2D eigenvalue weighted by Gasteiger charge is 2.35. The first-order valence-electron chi connectivity index (χ1n) is 4.20. The SMILES string of the molecule is COc1c([N+](=O)[O-])cc(C)nc1OC(F)(F)F. The van der Waals surface area contributed by atoms with E-state index in [9.17, 15) is 23.3 Å². The lowest BCUT2D eigenvalue weighted by atomic mass is 10.3. The van der Waals surface area contributed by atoms with Gasteiger partial charge in [0.2, 0.25) is 0 Å². The molecule has 1 rings (SSSR count). The van der Waals surface area contributed by atoms with Gasteiger partial charge in [-0.15, -0.1) is 13.2 Å². The zero-order chi connectivity index (χ0) is 13.2. The summed E-state index contributed by atoms with van der Waals surface area (Å²) in [5.41, 5.74) is -0.629. The Morgan fingerprint density at radius 3 is 2.47 bits per heavy atom. The number of alkyl halides is 3. The molecule has 1 aromatic rings. The van der Waals surface area contributed by atoms with E-state index in [1.54, 1.807) is 0 Å². The number of hydrogen-bond acceptors (Lipinski definition) is 5. The summed E-state index contributed by atoms with van der Waals surface area (Å²) in [6.45, 7) is 1.30. The van der Waals surface area contributed by atoms with Crippen molar-refractivity contribution in [3.05, 3.63) is 21.9 Å². The number of rotatable bonds is 3. The van der Waals surface area contributed by atoms with Crippen LogP contribution in [0.5, 0.6) is 11.6 Å². The Morgan fingerprint density at radius 1 is 1.47 bits per heavy atom. The molecule has 0 radical (unpaired) electrons. The van der Waals surface area contributed by atoms with Crippen molar-refractivity contribution in [2.75, 3.05) is 7.11 Å². The lowest BCUT2D eigenvalue weighted by molar-refractivity contribution is -0.386. The highest BCUT2D eigenvalue weighted by Crippen LogP contribution is 2.38. The predicted octanol–water partition coefficient (Wildman–Crippen LogP) is 2.21. The summed E-state index contributed by atoms with van der Waals surface area (Å²) >= 11 is 0. The maximum atomic E-state index is 12.0. The van der Waals surface area contributed by atoms with E-state index in [2.05, 4.69) is 14.5 Å². The van der Waals surface area contributed by atoms with E-state index >= 15 is 0 Å². The molecule has 0 aliphatic rings. The summed E-state index contributed by atoms with van der Waals surface area (Å²) in [4.78, 5) is 13.1. The van der Waals surface area contributed by atoms with Gasteiger partial charge in [-0.1, -0.05) is 0 Å². The second kappa shape index (κ2) is 4.44. The maximum absolute atomic E-state index is 12.0. The van der Waals surface area contributed by atoms with Crippen molar-refractivity contribution in [3.8, 4) is 11.6 Å². The minimum atomic E-state index is -5.00. The minimum Gasteiger partial charge on any atom is -0.486 e. The second-order valence-corrected chi connectivity index (χ2v) is 2.93. The molecule has 1 heterocycles. The van der Waals surface area contributed by atoms with Gasteiger partial charge in [-0.05, 0) is 6.92 Å². The number of aromatic nitrogens is 1. The van der Waals surface area contributed by atoms with Gasteiger partial charge in [-0.3, -0.25) is 10.1 Å². The van der Waals surface area contributed by atoms with Crippen molar-refractivity contribution in [2.24, 2.45) is 0 Å². The molecule has 0 amide bonds. The number of methoxy groups -OCH3 is 1. The van der Waals surface area contributed by atoms with Gasteiger partial charge in [0.15, 0.2) is 0 Å². The summed E-state index contributed by atoms with van der Waals surface area (Å²) in [6, 6.07) is 0.988. The first kappa shape index (κ1) is 13.0. The molecule has 0 saturated carbocycles. The zero-order valence-corrected chi connectivity index (χ0v) is 8.74. The molecule has 6 nitrogen and oxygen atoms in total. The average molecular weight is 252 g/mol. The van der Waals surface area contributed by atoms with Crippen LogP contribution in [0.4, 0.5) is 18.9 Å². The van der Waals surface area contributed by atoms with Gasteiger partial charge in [0, 0.05) is 11.8 Å². The number of ether oxygens (including phenoxy) is 2. The molecule has 0 saturated heterocycles. The fourth-order valence-corrected chi connectivity index (χ4v) is 1.12. The molecule has 0 unspecified atom stereocenters. The minimum absolute atomic E-state index is 0.0109. The fraction of sp³-hybridized carbons (Fsp3) is 0.375. The molecule has 0 bridgehead atoms.